The fourth-order valence-corrected chi connectivity index (χ4v) is 2.30. The molecular formula is C12H15Cl3N2O. The quantitative estimate of drug-likeness (QED) is 0.867. The number of carbonyl (C=O) groups is 1. The van der Waals surface area contributed by atoms with Gasteiger partial charge in [0.1, 0.15) is 0 Å². The number of halogens is 3. The van der Waals surface area contributed by atoms with Gasteiger partial charge in [-0.3, -0.25) is 4.79 Å². The molecule has 0 unspecified atom stereocenters. The lowest BCUT2D eigenvalue weighted by Gasteiger charge is -2.30. The molecule has 1 aliphatic heterocycles. The highest BCUT2D eigenvalue weighted by atomic mass is 35.5. The van der Waals surface area contributed by atoms with Crippen molar-refractivity contribution in [1.29, 1.82) is 0 Å². The van der Waals surface area contributed by atoms with Crippen LogP contribution in [0.4, 0.5) is 0 Å². The summed E-state index contributed by atoms with van der Waals surface area (Å²) in [6, 6.07) is 5.01. The number of carbonyl (C=O) groups excluding carboxylic acids is 1. The zero-order valence-electron chi connectivity index (χ0n) is 9.73. The lowest BCUT2D eigenvalue weighted by atomic mass is 10.1. The number of benzene rings is 1. The Morgan fingerprint density at radius 3 is 2.67 bits per heavy atom. The largest absolute Gasteiger partial charge is 0.337 e. The molecule has 0 bridgehead atoms. The Kier molecular flexibility index (Phi) is 5.73. The van der Waals surface area contributed by atoms with E-state index in [1.165, 1.54) is 0 Å². The predicted molar refractivity (Wildman–Crippen MR) is 76.8 cm³/mol. The Morgan fingerprint density at radius 1 is 1.33 bits per heavy atom. The first-order valence-corrected chi connectivity index (χ1v) is 6.33. The lowest BCUT2D eigenvalue weighted by Crippen LogP contribution is -2.45. The normalized spacial score (nSPS) is 19.3. The van der Waals surface area contributed by atoms with Crippen LogP contribution in [0, 0.1) is 0 Å². The summed E-state index contributed by atoms with van der Waals surface area (Å²) in [5, 5.41) is 0.859. The van der Waals surface area contributed by atoms with Crippen molar-refractivity contribution in [2.75, 3.05) is 13.1 Å². The molecule has 1 saturated heterocycles. The minimum atomic E-state index is -0.0290. The molecule has 1 heterocycles. The first-order chi connectivity index (χ1) is 8.08. The summed E-state index contributed by atoms with van der Waals surface area (Å²) in [6.45, 7) is 1.37. The number of hydrogen-bond acceptors (Lipinski definition) is 2. The lowest BCUT2D eigenvalue weighted by molar-refractivity contribution is 0.0709. The van der Waals surface area contributed by atoms with Crippen LogP contribution in [0.5, 0.6) is 0 Å². The van der Waals surface area contributed by atoms with Gasteiger partial charge < -0.3 is 10.6 Å². The Morgan fingerprint density at radius 2 is 2.06 bits per heavy atom. The van der Waals surface area contributed by atoms with E-state index in [9.17, 15) is 4.79 Å². The van der Waals surface area contributed by atoms with Crippen LogP contribution in [0.1, 0.15) is 23.2 Å². The van der Waals surface area contributed by atoms with E-state index in [1.807, 2.05) is 0 Å². The summed E-state index contributed by atoms with van der Waals surface area (Å²) in [5.41, 5.74) is 6.42. The summed E-state index contributed by atoms with van der Waals surface area (Å²) in [4.78, 5) is 13.9. The van der Waals surface area contributed by atoms with E-state index >= 15 is 0 Å². The molecule has 6 heteroatoms. The molecule has 2 N–H and O–H groups in total. The molecule has 1 aromatic rings. The van der Waals surface area contributed by atoms with Gasteiger partial charge in [0.15, 0.2) is 0 Å². The van der Waals surface area contributed by atoms with Crippen LogP contribution in [0.3, 0.4) is 0 Å². The summed E-state index contributed by atoms with van der Waals surface area (Å²) in [7, 11) is 0. The van der Waals surface area contributed by atoms with Gasteiger partial charge in [-0.2, -0.15) is 0 Å². The van der Waals surface area contributed by atoms with Crippen molar-refractivity contribution in [3.63, 3.8) is 0 Å². The van der Waals surface area contributed by atoms with Gasteiger partial charge in [-0.25, -0.2) is 0 Å². The maximum absolute atomic E-state index is 12.2. The third-order valence-corrected chi connectivity index (χ3v) is 3.65. The van der Waals surface area contributed by atoms with Crippen LogP contribution in [0.25, 0.3) is 0 Å². The van der Waals surface area contributed by atoms with E-state index < -0.39 is 0 Å². The summed E-state index contributed by atoms with van der Waals surface area (Å²) >= 11 is 11.7. The van der Waals surface area contributed by atoms with E-state index in [1.54, 1.807) is 23.1 Å². The average molecular weight is 310 g/mol. The number of piperidine rings is 1. The van der Waals surface area contributed by atoms with Gasteiger partial charge in [-0.1, -0.05) is 23.2 Å². The highest BCUT2D eigenvalue weighted by Crippen LogP contribution is 2.23. The maximum Gasteiger partial charge on any atom is 0.253 e. The van der Waals surface area contributed by atoms with Gasteiger partial charge in [0, 0.05) is 24.7 Å². The molecule has 1 atom stereocenters. The number of nitrogens with two attached hydrogens (primary N) is 1. The maximum atomic E-state index is 12.2. The van der Waals surface area contributed by atoms with Crippen LogP contribution >= 0.6 is 35.6 Å². The van der Waals surface area contributed by atoms with Crippen molar-refractivity contribution >= 4 is 41.5 Å². The topological polar surface area (TPSA) is 46.3 Å². The van der Waals surface area contributed by atoms with Gasteiger partial charge >= 0.3 is 0 Å². The molecule has 0 aliphatic carbocycles. The van der Waals surface area contributed by atoms with Gasteiger partial charge in [-0.15, -0.1) is 12.4 Å². The van der Waals surface area contributed by atoms with Crippen molar-refractivity contribution in [3.05, 3.63) is 33.8 Å². The highest BCUT2D eigenvalue weighted by molar-refractivity contribution is 6.42. The van der Waals surface area contributed by atoms with E-state index in [-0.39, 0.29) is 24.4 Å². The van der Waals surface area contributed by atoms with Crippen molar-refractivity contribution in [2.24, 2.45) is 5.73 Å². The predicted octanol–water partition coefficient (Wildman–Crippen LogP) is 2.98. The molecule has 18 heavy (non-hydrogen) atoms. The summed E-state index contributed by atoms with van der Waals surface area (Å²) < 4.78 is 0. The molecule has 3 nitrogen and oxygen atoms in total. The Labute approximate surface area is 123 Å². The zero-order valence-corrected chi connectivity index (χ0v) is 12.1. The first kappa shape index (κ1) is 15.6. The second kappa shape index (κ2) is 6.62. The summed E-state index contributed by atoms with van der Waals surface area (Å²) in [5.74, 6) is -0.0290. The number of hydrogen-bond donors (Lipinski definition) is 1. The fraction of sp³-hybridized carbons (Fsp3) is 0.417. The van der Waals surface area contributed by atoms with Crippen molar-refractivity contribution in [2.45, 2.75) is 18.9 Å². The minimum Gasteiger partial charge on any atom is -0.337 e. The standard InChI is InChI=1S/C12H14Cl2N2O.ClH/c13-10-4-3-8(6-11(10)14)12(17)16-5-1-2-9(15)7-16;/h3-4,6,9H,1-2,5,7,15H2;1H/t9-;/m1./s1. The molecule has 0 aromatic heterocycles. The highest BCUT2D eigenvalue weighted by Gasteiger charge is 2.22. The van der Waals surface area contributed by atoms with Gasteiger partial charge in [-0.05, 0) is 31.0 Å². The van der Waals surface area contributed by atoms with E-state index in [0.29, 0.717) is 22.2 Å². The molecule has 2 rings (SSSR count). The van der Waals surface area contributed by atoms with Gasteiger partial charge in [0.05, 0.1) is 10.0 Å². The van der Waals surface area contributed by atoms with Crippen molar-refractivity contribution in [3.8, 4) is 0 Å². The number of rotatable bonds is 1. The average Bonchev–Trinajstić information content (AvgIpc) is 2.32. The second-order valence-electron chi connectivity index (χ2n) is 4.28. The SMILES string of the molecule is Cl.N[C@@H]1CCCN(C(=O)c2ccc(Cl)c(Cl)c2)C1. The van der Waals surface area contributed by atoms with E-state index in [0.717, 1.165) is 19.4 Å². The molecule has 0 saturated carbocycles. The van der Waals surface area contributed by atoms with Crippen LogP contribution < -0.4 is 5.73 Å². The summed E-state index contributed by atoms with van der Waals surface area (Å²) in [6.07, 6.45) is 1.93. The number of amides is 1. The van der Waals surface area contributed by atoms with Crippen molar-refractivity contribution < 1.29 is 4.79 Å². The number of likely N-dealkylation sites (tertiary alicyclic amines) is 1. The van der Waals surface area contributed by atoms with E-state index in [2.05, 4.69) is 0 Å². The van der Waals surface area contributed by atoms with Gasteiger partial charge in [0.25, 0.3) is 5.91 Å². The number of nitrogens with zero attached hydrogens (tertiary/aromatic N) is 1. The zero-order chi connectivity index (χ0) is 12.4. The second-order valence-corrected chi connectivity index (χ2v) is 5.10. The minimum absolute atomic E-state index is 0. The van der Waals surface area contributed by atoms with Crippen LogP contribution in [-0.2, 0) is 0 Å². The molecule has 0 radical (unpaired) electrons. The van der Waals surface area contributed by atoms with Crippen molar-refractivity contribution in [1.82, 2.24) is 4.90 Å². The Balaban J connectivity index is 0.00000162. The Hall–Kier alpha value is -0.480. The van der Waals surface area contributed by atoms with E-state index in [4.69, 9.17) is 28.9 Å². The Bertz CT molecular complexity index is 439. The van der Waals surface area contributed by atoms with Crippen LogP contribution in [0.2, 0.25) is 10.0 Å². The molecule has 100 valence electrons. The van der Waals surface area contributed by atoms with Crippen LogP contribution in [-0.4, -0.2) is 29.9 Å². The third-order valence-electron chi connectivity index (χ3n) is 2.91. The fourth-order valence-electron chi connectivity index (χ4n) is 2.01. The monoisotopic (exact) mass is 308 g/mol. The molecule has 1 amide bonds. The molecule has 1 fully saturated rings. The third kappa shape index (κ3) is 3.51. The molecule has 1 aromatic carbocycles. The molecule has 1 aliphatic rings. The van der Waals surface area contributed by atoms with Crippen LogP contribution in [0.15, 0.2) is 18.2 Å². The van der Waals surface area contributed by atoms with Gasteiger partial charge in [0.2, 0.25) is 0 Å². The molecular weight excluding hydrogens is 295 g/mol. The smallest absolute Gasteiger partial charge is 0.253 e. The first-order valence-electron chi connectivity index (χ1n) is 5.58. The molecule has 0 spiro atoms.